The normalized spacial score (nSPS) is 10.5. The maximum Gasteiger partial charge on any atom is -0.000834 e. The summed E-state index contributed by atoms with van der Waals surface area (Å²) in [5.41, 5.74) is 2.78. The van der Waals surface area contributed by atoms with Crippen molar-refractivity contribution in [3.8, 4) is 0 Å². The predicted octanol–water partition coefficient (Wildman–Crippen LogP) is 1.74. The minimum Gasteiger partial charge on any atom is -0.320 e. The fourth-order valence-electron chi connectivity index (χ4n) is 1.62. The van der Waals surface area contributed by atoms with E-state index >= 15 is 0 Å². The Morgan fingerprint density at radius 3 is 2.73 bits per heavy atom. The summed E-state index contributed by atoms with van der Waals surface area (Å²) in [4.78, 5) is 0. The van der Waals surface area contributed by atoms with E-state index in [1.54, 1.807) is 0 Å². The van der Waals surface area contributed by atoms with Gasteiger partial charge in [-0.2, -0.15) is 0 Å². The molecule has 0 radical (unpaired) electrons. The van der Waals surface area contributed by atoms with Gasteiger partial charge in [-0.05, 0) is 52.0 Å². The van der Waals surface area contributed by atoms with Gasteiger partial charge in [0.05, 0.1) is 0 Å². The SMILES string of the molecule is CNCCCNCCc1cccc(C)c1. The maximum atomic E-state index is 3.45. The zero-order valence-corrected chi connectivity index (χ0v) is 9.84. The van der Waals surface area contributed by atoms with Crippen LogP contribution in [0.15, 0.2) is 24.3 Å². The van der Waals surface area contributed by atoms with Crippen LogP contribution in [0.1, 0.15) is 17.5 Å². The molecular weight excluding hydrogens is 184 g/mol. The van der Waals surface area contributed by atoms with E-state index in [1.165, 1.54) is 17.5 Å². The lowest BCUT2D eigenvalue weighted by molar-refractivity contribution is 0.625. The number of aryl methyl sites for hydroxylation is 1. The molecule has 84 valence electrons. The van der Waals surface area contributed by atoms with Crippen LogP contribution in [0.2, 0.25) is 0 Å². The predicted molar refractivity (Wildman–Crippen MR) is 66.3 cm³/mol. The van der Waals surface area contributed by atoms with Crippen LogP contribution in [0.25, 0.3) is 0 Å². The molecule has 0 heterocycles. The van der Waals surface area contributed by atoms with Crippen LogP contribution in [-0.2, 0) is 6.42 Å². The fraction of sp³-hybridized carbons (Fsp3) is 0.538. The maximum absolute atomic E-state index is 3.45. The molecule has 2 N–H and O–H groups in total. The second-order valence-corrected chi connectivity index (χ2v) is 3.95. The van der Waals surface area contributed by atoms with Crippen LogP contribution in [0, 0.1) is 6.92 Å². The van der Waals surface area contributed by atoms with E-state index < -0.39 is 0 Å². The molecule has 15 heavy (non-hydrogen) atoms. The fourth-order valence-corrected chi connectivity index (χ4v) is 1.62. The Bertz CT molecular complexity index is 271. The van der Waals surface area contributed by atoms with Crippen molar-refractivity contribution in [1.29, 1.82) is 0 Å². The molecule has 0 saturated carbocycles. The van der Waals surface area contributed by atoms with E-state index in [9.17, 15) is 0 Å². The highest BCUT2D eigenvalue weighted by Crippen LogP contribution is 2.03. The Morgan fingerprint density at radius 1 is 1.13 bits per heavy atom. The Labute approximate surface area is 93.1 Å². The topological polar surface area (TPSA) is 24.1 Å². The first-order chi connectivity index (χ1) is 7.33. The quantitative estimate of drug-likeness (QED) is 0.664. The van der Waals surface area contributed by atoms with Gasteiger partial charge in [0.25, 0.3) is 0 Å². The molecule has 0 amide bonds. The minimum atomic E-state index is 1.08. The van der Waals surface area contributed by atoms with Gasteiger partial charge in [0.2, 0.25) is 0 Å². The first-order valence-electron chi connectivity index (χ1n) is 5.74. The van der Waals surface area contributed by atoms with Gasteiger partial charge in [-0.15, -0.1) is 0 Å². The summed E-state index contributed by atoms with van der Waals surface area (Å²) < 4.78 is 0. The molecule has 0 aliphatic carbocycles. The summed E-state index contributed by atoms with van der Waals surface area (Å²) >= 11 is 0. The molecule has 1 aromatic rings. The third kappa shape index (κ3) is 5.55. The van der Waals surface area contributed by atoms with E-state index in [-0.39, 0.29) is 0 Å². The lowest BCUT2D eigenvalue weighted by atomic mass is 10.1. The molecule has 2 heteroatoms. The second kappa shape index (κ2) is 7.43. The Morgan fingerprint density at radius 2 is 2.00 bits per heavy atom. The lowest BCUT2D eigenvalue weighted by Crippen LogP contribution is -2.21. The number of benzene rings is 1. The van der Waals surface area contributed by atoms with E-state index in [0.29, 0.717) is 0 Å². The summed E-state index contributed by atoms with van der Waals surface area (Å²) in [7, 11) is 1.99. The molecule has 0 bridgehead atoms. The molecule has 0 atom stereocenters. The zero-order chi connectivity index (χ0) is 10.9. The van der Waals surface area contributed by atoms with Crippen molar-refractivity contribution in [2.45, 2.75) is 19.8 Å². The highest BCUT2D eigenvalue weighted by atomic mass is 14.9. The van der Waals surface area contributed by atoms with Gasteiger partial charge >= 0.3 is 0 Å². The molecule has 0 aromatic heterocycles. The van der Waals surface area contributed by atoms with Crippen molar-refractivity contribution in [2.24, 2.45) is 0 Å². The van der Waals surface area contributed by atoms with E-state index in [0.717, 1.165) is 26.1 Å². The Kier molecular flexibility index (Phi) is 6.05. The molecule has 0 unspecified atom stereocenters. The Balaban J connectivity index is 2.10. The van der Waals surface area contributed by atoms with Crippen LogP contribution in [0.5, 0.6) is 0 Å². The van der Waals surface area contributed by atoms with Gasteiger partial charge in [0.1, 0.15) is 0 Å². The van der Waals surface area contributed by atoms with Crippen molar-refractivity contribution in [2.75, 3.05) is 26.7 Å². The molecule has 0 spiro atoms. The van der Waals surface area contributed by atoms with Crippen LogP contribution in [0.3, 0.4) is 0 Å². The van der Waals surface area contributed by atoms with E-state index in [1.807, 2.05) is 7.05 Å². The number of rotatable bonds is 7. The second-order valence-electron chi connectivity index (χ2n) is 3.95. The van der Waals surface area contributed by atoms with Gasteiger partial charge in [-0.3, -0.25) is 0 Å². The average molecular weight is 206 g/mol. The van der Waals surface area contributed by atoms with Gasteiger partial charge in [-0.1, -0.05) is 29.8 Å². The smallest absolute Gasteiger partial charge is 0.000834 e. The Hall–Kier alpha value is -0.860. The highest BCUT2D eigenvalue weighted by molar-refractivity contribution is 5.22. The van der Waals surface area contributed by atoms with E-state index in [4.69, 9.17) is 0 Å². The van der Waals surface area contributed by atoms with Gasteiger partial charge in [0.15, 0.2) is 0 Å². The molecule has 0 aliphatic rings. The average Bonchev–Trinajstić information content (AvgIpc) is 2.23. The van der Waals surface area contributed by atoms with Crippen LogP contribution in [-0.4, -0.2) is 26.7 Å². The summed E-state index contributed by atoms with van der Waals surface area (Å²) in [6.45, 7) is 5.42. The summed E-state index contributed by atoms with van der Waals surface area (Å²) in [6, 6.07) is 8.73. The molecule has 1 rings (SSSR count). The highest BCUT2D eigenvalue weighted by Gasteiger charge is 1.93. The van der Waals surface area contributed by atoms with Gasteiger partial charge in [-0.25, -0.2) is 0 Å². The molecule has 2 nitrogen and oxygen atoms in total. The van der Waals surface area contributed by atoms with Crippen molar-refractivity contribution in [3.05, 3.63) is 35.4 Å². The summed E-state index contributed by atoms with van der Waals surface area (Å²) in [5, 5.41) is 6.59. The molecule has 1 aromatic carbocycles. The monoisotopic (exact) mass is 206 g/mol. The zero-order valence-electron chi connectivity index (χ0n) is 9.84. The first kappa shape index (κ1) is 12.2. The summed E-state index contributed by atoms with van der Waals surface area (Å²) in [5.74, 6) is 0. The number of hydrogen-bond acceptors (Lipinski definition) is 2. The first-order valence-corrected chi connectivity index (χ1v) is 5.74. The molecule has 0 saturated heterocycles. The standard InChI is InChI=1S/C13H22N2/c1-12-5-3-6-13(11-12)7-10-15-9-4-8-14-2/h3,5-6,11,14-15H,4,7-10H2,1-2H3. The molecule has 0 fully saturated rings. The van der Waals surface area contributed by atoms with Crippen molar-refractivity contribution in [1.82, 2.24) is 10.6 Å². The van der Waals surface area contributed by atoms with Crippen molar-refractivity contribution < 1.29 is 0 Å². The molecule has 0 aliphatic heterocycles. The van der Waals surface area contributed by atoms with E-state index in [2.05, 4.69) is 41.8 Å². The van der Waals surface area contributed by atoms with Crippen LogP contribution in [0.4, 0.5) is 0 Å². The van der Waals surface area contributed by atoms with Gasteiger partial charge in [0, 0.05) is 0 Å². The van der Waals surface area contributed by atoms with Crippen LogP contribution < -0.4 is 10.6 Å². The summed E-state index contributed by atoms with van der Waals surface area (Å²) in [6.07, 6.45) is 2.32. The lowest BCUT2D eigenvalue weighted by Gasteiger charge is -2.05. The number of hydrogen-bond donors (Lipinski definition) is 2. The largest absolute Gasteiger partial charge is 0.320 e. The third-order valence-electron chi connectivity index (χ3n) is 2.45. The minimum absolute atomic E-state index is 1.08. The molecular formula is C13H22N2. The van der Waals surface area contributed by atoms with Crippen molar-refractivity contribution in [3.63, 3.8) is 0 Å². The number of nitrogens with one attached hydrogen (secondary N) is 2. The third-order valence-corrected chi connectivity index (χ3v) is 2.45. The van der Waals surface area contributed by atoms with Crippen LogP contribution >= 0.6 is 0 Å². The van der Waals surface area contributed by atoms with Gasteiger partial charge < -0.3 is 10.6 Å². The van der Waals surface area contributed by atoms with Crippen molar-refractivity contribution >= 4 is 0 Å².